The number of carbonyl (C=O) groups is 2. The van der Waals surface area contributed by atoms with E-state index in [2.05, 4.69) is 4.72 Å². The summed E-state index contributed by atoms with van der Waals surface area (Å²) < 4.78 is 29.0. The minimum atomic E-state index is -3.88. The van der Waals surface area contributed by atoms with Gasteiger partial charge in [0, 0.05) is 35.9 Å². The second kappa shape index (κ2) is 12.1. The Morgan fingerprint density at radius 1 is 0.684 bits per heavy atom. The highest BCUT2D eigenvalue weighted by molar-refractivity contribution is 7.89. The average molecular weight is 526 g/mol. The quantitative estimate of drug-likeness (QED) is 0.239. The van der Waals surface area contributed by atoms with Crippen LogP contribution in [0.5, 0.6) is 0 Å². The molecule has 4 aromatic rings. The van der Waals surface area contributed by atoms with Crippen LogP contribution in [0.1, 0.15) is 49.7 Å². The maximum Gasteiger partial charge on any atom is 0.240 e. The van der Waals surface area contributed by atoms with Gasteiger partial charge in [-0.05, 0) is 31.5 Å². The van der Waals surface area contributed by atoms with Crippen molar-refractivity contribution in [3.05, 3.63) is 137 Å². The van der Waals surface area contributed by atoms with Crippen LogP contribution in [0.3, 0.4) is 0 Å². The molecule has 2 unspecified atom stereocenters. The van der Waals surface area contributed by atoms with E-state index < -0.39 is 21.9 Å². The predicted molar refractivity (Wildman–Crippen MR) is 150 cm³/mol. The van der Waals surface area contributed by atoms with Crippen molar-refractivity contribution in [1.29, 1.82) is 0 Å². The van der Waals surface area contributed by atoms with E-state index in [-0.39, 0.29) is 29.4 Å². The van der Waals surface area contributed by atoms with Crippen LogP contribution in [0.2, 0.25) is 0 Å². The topological polar surface area (TPSA) is 80.3 Å². The second-order valence-corrected chi connectivity index (χ2v) is 11.3. The number of hydrogen-bond donors (Lipinski definition) is 1. The summed E-state index contributed by atoms with van der Waals surface area (Å²) in [7, 11) is -3.88. The van der Waals surface area contributed by atoms with E-state index in [0.717, 1.165) is 16.7 Å². The fourth-order valence-corrected chi connectivity index (χ4v) is 5.54. The van der Waals surface area contributed by atoms with E-state index in [1.165, 1.54) is 0 Å². The summed E-state index contributed by atoms with van der Waals surface area (Å²) >= 11 is 0. The molecule has 0 aliphatic carbocycles. The van der Waals surface area contributed by atoms with Gasteiger partial charge in [0.2, 0.25) is 10.0 Å². The number of benzene rings is 4. The first-order valence-electron chi connectivity index (χ1n) is 12.5. The number of nitrogens with one attached hydrogen (secondary N) is 1. The van der Waals surface area contributed by atoms with E-state index in [1.807, 2.05) is 62.4 Å². The van der Waals surface area contributed by atoms with Crippen molar-refractivity contribution in [2.75, 3.05) is 6.54 Å². The Hall–Kier alpha value is -3.87. The van der Waals surface area contributed by atoms with E-state index in [4.69, 9.17) is 0 Å². The van der Waals surface area contributed by atoms with E-state index in [0.29, 0.717) is 11.1 Å². The Balaban J connectivity index is 1.72. The van der Waals surface area contributed by atoms with Crippen molar-refractivity contribution in [3.8, 4) is 0 Å². The molecule has 0 aromatic heterocycles. The lowest BCUT2D eigenvalue weighted by Gasteiger charge is -2.27. The van der Waals surface area contributed by atoms with Crippen LogP contribution in [-0.2, 0) is 10.0 Å². The molecule has 6 heteroatoms. The lowest BCUT2D eigenvalue weighted by atomic mass is 9.77. The minimum Gasteiger partial charge on any atom is -0.294 e. The minimum absolute atomic E-state index is 0.0581. The zero-order valence-electron chi connectivity index (χ0n) is 21.5. The van der Waals surface area contributed by atoms with Crippen LogP contribution < -0.4 is 4.72 Å². The van der Waals surface area contributed by atoms with Gasteiger partial charge in [0.1, 0.15) is 0 Å². The van der Waals surface area contributed by atoms with Gasteiger partial charge in [-0.1, -0.05) is 108 Å². The zero-order valence-corrected chi connectivity index (χ0v) is 22.3. The van der Waals surface area contributed by atoms with Crippen molar-refractivity contribution in [1.82, 2.24) is 4.72 Å². The maximum absolute atomic E-state index is 13.9. The Labute approximate surface area is 224 Å². The first kappa shape index (κ1) is 27.2. The maximum atomic E-state index is 13.9. The molecule has 0 amide bonds. The van der Waals surface area contributed by atoms with Gasteiger partial charge in [-0.15, -0.1) is 0 Å². The van der Waals surface area contributed by atoms with Gasteiger partial charge in [-0.25, -0.2) is 13.1 Å². The van der Waals surface area contributed by atoms with E-state index in [1.54, 1.807) is 60.7 Å². The fraction of sp³-hybridized carbons (Fsp3) is 0.188. The molecule has 38 heavy (non-hydrogen) atoms. The third-order valence-electron chi connectivity index (χ3n) is 6.71. The van der Waals surface area contributed by atoms with E-state index in [9.17, 15) is 18.0 Å². The summed E-state index contributed by atoms with van der Waals surface area (Å²) in [6, 6.07) is 32.1. The Morgan fingerprint density at radius 2 is 1.21 bits per heavy atom. The molecule has 0 aliphatic rings. The summed E-state index contributed by atoms with van der Waals surface area (Å²) in [5, 5.41) is 0. The van der Waals surface area contributed by atoms with Crippen LogP contribution in [0.25, 0.3) is 0 Å². The molecule has 0 heterocycles. The highest BCUT2D eigenvalue weighted by Crippen LogP contribution is 2.32. The molecule has 194 valence electrons. The van der Waals surface area contributed by atoms with Crippen molar-refractivity contribution in [2.24, 2.45) is 5.92 Å². The highest BCUT2D eigenvalue weighted by atomic mass is 32.2. The lowest BCUT2D eigenvalue weighted by molar-refractivity contribution is 0.0879. The highest BCUT2D eigenvalue weighted by Gasteiger charge is 2.33. The molecule has 0 saturated carbocycles. The van der Waals surface area contributed by atoms with Crippen LogP contribution in [-0.4, -0.2) is 26.5 Å². The van der Waals surface area contributed by atoms with Crippen LogP contribution in [0.4, 0.5) is 0 Å². The molecule has 1 N–H and O–H groups in total. The third kappa shape index (κ3) is 6.71. The van der Waals surface area contributed by atoms with Gasteiger partial charge in [0.25, 0.3) is 0 Å². The van der Waals surface area contributed by atoms with Gasteiger partial charge in [-0.2, -0.15) is 0 Å². The summed E-state index contributed by atoms with van der Waals surface area (Å²) in [5.41, 5.74) is 3.78. The zero-order chi connectivity index (χ0) is 27.1. The van der Waals surface area contributed by atoms with E-state index >= 15 is 0 Å². The number of rotatable bonds is 11. The van der Waals surface area contributed by atoms with Crippen molar-refractivity contribution >= 4 is 21.6 Å². The molecule has 5 nitrogen and oxygen atoms in total. The van der Waals surface area contributed by atoms with Crippen LogP contribution in [0.15, 0.2) is 114 Å². The Bertz CT molecular complexity index is 1480. The predicted octanol–water partition coefficient (Wildman–Crippen LogP) is 6.14. The van der Waals surface area contributed by atoms with Gasteiger partial charge in [0.05, 0.1) is 4.90 Å². The number of sulfonamides is 1. The van der Waals surface area contributed by atoms with Gasteiger partial charge in [-0.3, -0.25) is 9.59 Å². The van der Waals surface area contributed by atoms with Gasteiger partial charge in [0.15, 0.2) is 11.6 Å². The summed E-state index contributed by atoms with van der Waals surface area (Å²) in [4.78, 5) is 27.4. The molecule has 0 bridgehead atoms. The molecule has 0 radical (unpaired) electrons. The standard InChI is InChI=1S/C32H31NO4S/c1-23-13-17-27(18-14-23)32(35)30(22-33-38(36,37)28-19-15-24(2)16-20-28)29(25-9-5-3-6-10-25)21-31(34)26-11-7-4-8-12-26/h3-20,29-30,33H,21-22H2,1-2H3. The van der Waals surface area contributed by atoms with Gasteiger partial charge >= 0.3 is 0 Å². The molecular weight excluding hydrogens is 494 g/mol. The summed E-state index contributed by atoms with van der Waals surface area (Å²) in [5.74, 6) is -1.68. The number of ketones is 2. The molecule has 4 rings (SSSR count). The monoisotopic (exact) mass is 525 g/mol. The number of carbonyl (C=O) groups excluding carboxylic acids is 2. The fourth-order valence-electron chi connectivity index (χ4n) is 4.48. The Morgan fingerprint density at radius 3 is 1.79 bits per heavy atom. The number of aryl methyl sites for hydroxylation is 2. The second-order valence-electron chi connectivity index (χ2n) is 9.51. The molecule has 0 saturated heterocycles. The normalized spacial score (nSPS) is 13.0. The van der Waals surface area contributed by atoms with Gasteiger partial charge < -0.3 is 0 Å². The first-order chi connectivity index (χ1) is 18.2. The molecular formula is C32H31NO4S. The molecule has 0 fully saturated rings. The van der Waals surface area contributed by atoms with Crippen molar-refractivity contribution < 1.29 is 18.0 Å². The summed E-state index contributed by atoms with van der Waals surface area (Å²) in [6.45, 7) is 3.67. The molecule has 2 atom stereocenters. The Kier molecular flexibility index (Phi) is 8.66. The molecule has 4 aromatic carbocycles. The van der Waals surface area contributed by atoms with Crippen LogP contribution in [0, 0.1) is 19.8 Å². The smallest absolute Gasteiger partial charge is 0.240 e. The number of Topliss-reactive ketones (excluding diaryl/α,β-unsaturated/α-hetero) is 2. The largest absolute Gasteiger partial charge is 0.294 e. The molecule has 0 aliphatic heterocycles. The van der Waals surface area contributed by atoms with Crippen molar-refractivity contribution in [3.63, 3.8) is 0 Å². The number of hydrogen-bond acceptors (Lipinski definition) is 4. The average Bonchev–Trinajstić information content (AvgIpc) is 2.94. The third-order valence-corrected chi connectivity index (χ3v) is 8.15. The van der Waals surface area contributed by atoms with Crippen LogP contribution >= 0.6 is 0 Å². The molecule has 0 spiro atoms. The first-order valence-corrected chi connectivity index (χ1v) is 14.0. The summed E-state index contributed by atoms with van der Waals surface area (Å²) in [6.07, 6.45) is 0.0581. The lowest BCUT2D eigenvalue weighted by Crippen LogP contribution is -2.37. The SMILES string of the molecule is Cc1ccc(C(=O)C(CNS(=O)(=O)c2ccc(C)cc2)C(CC(=O)c2ccccc2)c2ccccc2)cc1. The van der Waals surface area contributed by atoms with Crippen molar-refractivity contribution in [2.45, 2.75) is 31.1 Å².